The van der Waals surface area contributed by atoms with Gasteiger partial charge in [-0.05, 0) is 24.6 Å². The van der Waals surface area contributed by atoms with Crippen LogP contribution in [0.2, 0.25) is 0 Å². The fourth-order valence-corrected chi connectivity index (χ4v) is 1.54. The first kappa shape index (κ1) is 10.6. The first-order valence-corrected chi connectivity index (χ1v) is 5.06. The van der Waals surface area contributed by atoms with Gasteiger partial charge in [0.05, 0.1) is 6.61 Å². The predicted octanol–water partition coefficient (Wildman–Crippen LogP) is 1.11. The van der Waals surface area contributed by atoms with Crippen molar-refractivity contribution in [2.75, 3.05) is 6.61 Å². The molecule has 1 aromatic heterocycles. The fraction of sp³-hybridized carbons (Fsp3) is 0.364. The van der Waals surface area contributed by atoms with E-state index in [0.29, 0.717) is 6.61 Å². The molecule has 0 aliphatic carbocycles. The quantitative estimate of drug-likeness (QED) is 0.716. The summed E-state index contributed by atoms with van der Waals surface area (Å²) in [6.07, 6.45) is 4.20. The Morgan fingerprint density at radius 2 is 2.25 bits per heavy atom. The topological polar surface area (TPSA) is 60.8 Å². The minimum absolute atomic E-state index is 0.341. The van der Waals surface area contributed by atoms with Crippen molar-refractivity contribution in [3.05, 3.63) is 30.1 Å². The van der Waals surface area contributed by atoms with Crippen LogP contribution in [0.1, 0.15) is 18.6 Å². The highest BCUT2D eigenvalue weighted by Crippen LogP contribution is 2.27. The largest absolute Gasteiger partial charge is 0.473 e. The lowest BCUT2D eigenvalue weighted by Crippen LogP contribution is -2.26. The highest BCUT2D eigenvalue weighted by molar-refractivity contribution is 5.80. The van der Waals surface area contributed by atoms with E-state index in [1.807, 2.05) is 0 Å². The predicted molar refractivity (Wildman–Crippen MR) is 57.0 cm³/mol. The van der Waals surface area contributed by atoms with E-state index in [1.54, 1.807) is 31.5 Å². The smallest absolute Gasteiger partial charge is 0.335 e. The van der Waals surface area contributed by atoms with E-state index in [4.69, 9.17) is 9.47 Å². The Morgan fingerprint density at radius 1 is 1.50 bits per heavy atom. The number of nitrogens with zero attached hydrogens (tertiary/aromatic N) is 2. The summed E-state index contributed by atoms with van der Waals surface area (Å²) in [6.45, 7) is 2.10. The molecule has 0 radical (unpaired) electrons. The normalized spacial score (nSPS) is 22.8. The van der Waals surface area contributed by atoms with Crippen molar-refractivity contribution in [2.24, 2.45) is 4.99 Å². The van der Waals surface area contributed by atoms with Crippen LogP contribution < -0.4 is 0 Å². The first-order valence-electron chi connectivity index (χ1n) is 5.06. The number of pyridine rings is 1. The van der Waals surface area contributed by atoms with Crippen molar-refractivity contribution >= 4 is 12.4 Å². The van der Waals surface area contributed by atoms with Gasteiger partial charge in [0.1, 0.15) is 0 Å². The zero-order valence-corrected chi connectivity index (χ0v) is 8.87. The molecule has 0 N–H and O–H groups in total. The van der Waals surface area contributed by atoms with Gasteiger partial charge in [-0.2, -0.15) is 0 Å². The molecule has 84 valence electrons. The molecular weight excluding hydrogens is 208 g/mol. The van der Waals surface area contributed by atoms with Gasteiger partial charge in [0, 0.05) is 12.4 Å². The van der Waals surface area contributed by atoms with Crippen LogP contribution in [0.3, 0.4) is 0 Å². The Balaban J connectivity index is 2.14. The van der Waals surface area contributed by atoms with Gasteiger partial charge in [-0.1, -0.05) is 0 Å². The molecule has 0 aromatic carbocycles. The lowest BCUT2D eigenvalue weighted by atomic mass is 10.0. The summed E-state index contributed by atoms with van der Waals surface area (Å²) in [6, 6.07) is 2.99. The van der Waals surface area contributed by atoms with Gasteiger partial charge >= 0.3 is 5.97 Å². The molecule has 0 amide bonds. The van der Waals surface area contributed by atoms with Crippen LogP contribution in [0.5, 0.6) is 0 Å². The third kappa shape index (κ3) is 2.03. The molecule has 16 heavy (non-hydrogen) atoms. The van der Waals surface area contributed by atoms with E-state index < -0.39 is 12.1 Å². The number of aliphatic imine (C=N–C) groups is 1. The van der Waals surface area contributed by atoms with E-state index in [1.165, 1.54) is 6.40 Å². The number of hydrogen-bond donors (Lipinski definition) is 0. The van der Waals surface area contributed by atoms with Crippen molar-refractivity contribution in [1.82, 2.24) is 4.98 Å². The van der Waals surface area contributed by atoms with E-state index in [2.05, 4.69) is 9.98 Å². The average Bonchev–Trinajstić information content (AvgIpc) is 2.79. The first-order chi connectivity index (χ1) is 7.83. The monoisotopic (exact) mass is 220 g/mol. The molecule has 1 aliphatic rings. The number of carbonyl (C=O) groups is 1. The number of ether oxygens (including phenoxy) is 2. The lowest BCUT2D eigenvalue weighted by molar-refractivity contribution is -0.146. The highest BCUT2D eigenvalue weighted by Gasteiger charge is 2.34. The summed E-state index contributed by atoms with van der Waals surface area (Å²) in [5.41, 5.74) is 0.866. The summed E-state index contributed by atoms with van der Waals surface area (Å²) in [5.74, 6) is -0.363. The summed E-state index contributed by atoms with van der Waals surface area (Å²) in [4.78, 5) is 19.5. The molecular formula is C11H12N2O3. The van der Waals surface area contributed by atoms with Crippen LogP contribution >= 0.6 is 0 Å². The molecule has 0 saturated heterocycles. The maximum Gasteiger partial charge on any atom is 0.335 e. The molecule has 1 aliphatic heterocycles. The van der Waals surface area contributed by atoms with Crippen molar-refractivity contribution < 1.29 is 14.3 Å². The van der Waals surface area contributed by atoms with Crippen LogP contribution in [0.4, 0.5) is 0 Å². The maximum absolute atomic E-state index is 11.6. The van der Waals surface area contributed by atoms with Gasteiger partial charge in [-0.25, -0.2) is 9.79 Å². The lowest BCUT2D eigenvalue weighted by Gasteiger charge is -2.15. The maximum atomic E-state index is 11.6. The van der Waals surface area contributed by atoms with Crippen molar-refractivity contribution in [3.63, 3.8) is 0 Å². The molecule has 2 atom stereocenters. The summed E-state index contributed by atoms with van der Waals surface area (Å²) in [7, 11) is 0. The molecule has 5 nitrogen and oxygen atoms in total. The molecule has 5 heteroatoms. The van der Waals surface area contributed by atoms with Gasteiger partial charge in [0.25, 0.3) is 0 Å². The molecule has 2 heterocycles. The van der Waals surface area contributed by atoms with E-state index >= 15 is 0 Å². The molecule has 2 rings (SSSR count). The molecule has 1 aromatic rings. The zero-order valence-electron chi connectivity index (χ0n) is 8.87. The van der Waals surface area contributed by atoms with Crippen molar-refractivity contribution in [1.29, 1.82) is 0 Å². The Morgan fingerprint density at radius 3 is 2.94 bits per heavy atom. The summed E-state index contributed by atoms with van der Waals surface area (Å²) < 4.78 is 10.2. The SMILES string of the molecule is CCOC(=O)[C@H]1N=CO[C@@H]1c1ccncc1. The number of rotatable bonds is 3. The second-order valence-electron chi connectivity index (χ2n) is 3.29. The van der Waals surface area contributed by atoms with Crippen LogP contribution in [-0.2, 0) is 14.3 Å². The van der Waals surface area contributed by atoms with E-state index in [0.717, 1.165) is 5.56 Å². The number of esters is 1. The fourth-order valence-electron chi connectivity index (χ4n) is 1.54. The Hall–Kier alpha value is -1.91. The summed E-state index contributed by atoms with van der Waals surface area (Å²) in [5, 5.41) is 0. The van der Waals surface area contributed by atoms with Crippen LogP contribution in [0.15, 0.2) is 29.5 Å². The molecule has 0 bridgehead atoms. The molecule has 0 unspecified atom stereocenters. The number of carbonyl (C=O) groups excluding carboxylic acids is 1. The zero-order chi connectivity index (χ0) is 11.4. The van der Waals surface area contributed by atoms with Crippen LogP contribution in [-0.4, -0.2) is 30.0 Å². The molecule has 0 spiro atoms. The number of aromatic nitrogens is 1. The second-order valence-corrected chi connectivity index (χ2v) is 3.29. The van der Waals surface area contributed by atoms with Gasteiger partial charge in [-0.3, -0.25) is 4.98 Å². The van der Waals surface area contributed by atoms with Crippen molar-refractivity contribution in [3.8, 4) is 0 Å². The minimum atomic E-state index is -0.609. The number of hydrogen-bond acceptors (Lipinski definition) is 5. The average molecular weight is 220 g/mol. The highest BCUT2D eigenvalue weighted by atomic mass is 16.5. The molecule has 0 saturated carbocycles. The Kier molecular flexibility index (Phi) is 3.14. The Labute approximate surface area is 93.1 Å². The van der Waals surface area contributed by atoms with Crippen LogP contribution in [0, 0.1) is 0 Å². The molecule has 0 fully saturated rings. The van der Waals surface area contributed by atoms with E-state index in [9.17, 15) is 4.79 Å². The van der Waals surface area contributed by atoms with Gasteiger partial charge in [0.2, 0.25) is 0 Å². The third-order valence-electron chi connectivity index (χ3n) is 2.28. The van der Waals surface area contributed by atoms with E-state index in [-0.39, 0.29) is 5.97 Å². The van der Waals surface area contributed by atoms with Gasteiger partial charge in [-0.15, -0.1) is 0 Å². The Bertz CT molecular complexity index is 391. The third-order valence-corrected chi connectivity index (χ3v) is 2.28. The summed E-state index contributed by atoms with van der Waals surface area (Å²) >= 11 is 0. The van der Waals surface area contributed by atoms with Gasteiger partial charge < -0.3 is 9.47 Å². The standard InChI is InChI=1S/C11H12N2O3/c1-2-15-11(14)9-10(16-7-13-9)8-3-5-12-6-4-8/h3-7,9-10H,2H2,1H3/t9-,10+/m0/s1. The second kappa shape index (κ2) is 4.74. The van der Waals surface area contributed by atoms with Crippen LogP contribution in [0.25, 0.3) is 0 Å². The van der Waals surface area contributed by atoms with Crippen molar-refractivity contribution in [2.45, 2.75) is 19.1 Å². The van der Waals surface area contributed by atoms with Gasteiger partial charge in [0.15, 0.2) is 18.5 Å². The minimum Gasteiger partial charge on any atom is -0.473 e.